The van der Waals surface area contributed by atoms with Gasteiger partial charge in [-0.05, 0) is 4.92 Å². The van der Waals surface area contributed by atoms with Gasteiger partial charge < -0.3 is 15.2 Å². The Kier molecular flexibility index (Phi) is 3.68. The summed E-state index contributed by atoms with van der Waals surface area (Å²) in [4.78, 5) is 15.8. The van der Waals surface area contributed by atoms with Crippen molar-refractivity contribution < 1.29 is 10.0 Å². The number of aromatic amines is 1. The first-order valence-corrected chi connectivity index (χ1v) is 4.06. The molecule has 0 aromatic carbocycles. The molecule has 0 unspecified atom stereocenters. The third-order valence-corrected chi connectivity index (χ3v) is 1.50. The van der Waals surface area contributed by atoms with Crippen LogP contribution < -0.4 is 0 Å². The van der Waals surface area contributed by atoms with E-state index < -0.39 is 4.92 Å². The van der Waals surface area contributed by atoms with E-state index in [1.807, 2.05) is 0 Å². The van der Waals surface area contributed by atoms with Crippen molar-refractivity contribution >= 4 is 11.6 Å². The first-order valence-electron chi connectivity index (χ1n) is 4.06. The van der Waals surface area contributed by atoms with E-state index in [4.69, 9.17) is 5.11 Å². The fourth-order valence-corrected chi connectivity index (χ4v) is 0.796. The molecule has 9 heteroatoms. The fraction of sp³-hybridized carbons (Fsp3) is 0.500. The molecule has 0 bridgehead atoms. The molecule has 0 saturated heterocycles. The summed E-state index contributed by atoms with van der Waals surface area (Å²) in [6.07, 6.45) is 1.17. The lowest BCUT2D eigenvalue weighted by molar-refractivity contribution is -0.388. The highest BCUT2D eigenvalue weighted by Gasteiger charge is 2.14. The second-order valence-electron chi connectivity index (χ2n) is 2.63. The van der Waals surface area contributed by atoms with Crippen LogP contribution in [0.2, 0.25) is 0 Å². The second kappa shape index (κ2) is 5.00. The number of hydrogen-bond donors (Lipinski definition) is 2. The van der Waals surface area contributed by atoms with Crippen LogP contribution in [0.25, 0.3) is 0 Å². The summed E-state index contributed by atoms with van der Waals surface area (Å²) in [5.74, 6) is -0.402. The highest BCUT2D eigenvalue weighted by molar-refractivity contribution is 5.44. The van der Waals surface area contributed by atoms with Gasteiger partial charge in [0.2, 0.25) is 0 Å². The van der Waals surface area contributed by atoms with Crippen LogP contribution in [0.1, 0.15) is 0 Å². The number of nitrogens with one attached hydrogen (secondary N) is 1. The van der Waals surface area contributed by atoms with Gasteiger partial charge in [0.25, 0.3) is 5.82 Å². The summed E-state index contributed by atoms with van der Waals surface area (Å²) < 4.78 is 0. The van der Waals surface area contributed by atoms with E-state index in [0.29, 0.717) is 6.54 Å². The monoisotopic (exact) mass is 214 g/mol. The van der Waals surface area contributed by atoms with Gasteiger partial charge in [-0.1, -0.05) is 5.22 Å². The van der Waals surface area contributed by atoms with E-state index >= 15 is 0 Å². The summed E-state index contributed by atoms with van der Waals surface area (Å²) in [5.41, 5.74) is 0. The Morgan fingerprint density at radius 1 is 1.80 bits per heavy atom. The summed E-state index contributed by atoms with van der Waals surface area (Å²) in [5, 5.41) is 27.5. The van der Waals surface area contributed by atoms with Crippen LogP contribution in [-0.2, 0) is 0 Å². The summed E-state index contributed by atoms with van der Waals surface area (Å²) in [7, 11) is 1.58. The molecule has 0 amide bonds. The van der Waals surface area contributed by atoms with E-state index in [1.165, 1.54) is 11.3 Å². The lowest BCUT2D eigenvalue weighted by Crippen LogP contribution is -2.14. The molecular weight excluding hydrogens is 204 g/mol. The van der Waals surface area contributed by atoms with Crippen molar-refractivity contribution in [1.82, 2.24) is 15.0 Å². The molecule has 2 N–H and O–H groups in total. The van der Waals surface area contributed by atoms with Crippen molar-refractivity contribution in [2.75, 3.05) is 20.2 Å². The maximum Gasteiger partial charge on any atom is 0.369 e. The normalized spacial score (nSPS) is 10.8. The van der Waals surface area contributed by atoms with Gasteiger partial charge in [0, 0.05) is 7.05 Å². The summed E-state index contributed by atoms with van der Waals surface area (Å²) in [6, 6.07) is 0. The van der Waals surface area contributed by atoms with Crippen molar-refractivity contribution in [3.63, 3.8) is 0 Å². The van der Waals surface area contributed by atoms with E-state index in [2.05, 4.69) is 20.3 Å². The van der Waals surface area contributed by atoms with Crippen LogP contribution in [0.5, 0.6) is 0 Å². The number of aliphatic hydroxyl groups excluding tert-OH is 1. The van der Waals surface area contributed by atoms with Crippen LogP contribution in [0.15, 0.2) is 16.7 Å². The van der Waals surface area contributed by atoms with Gasteiger partial charge in [-0.25, -0.2) is 4.98 Å². The van der Waals surface area contributed by atoms with E-state index in [9.17, 15) is 10.1 Å². The Balaban J connectivity index is 2.71. The Morgan fingerprint density at radius 3 is 3.13 bits per heavy atom. The van der Waals surface area contributed by atoms with Crippen LogP contribution in [0, 0.1) is 10.1 Å². The standard InChI is InChI=1S/C6H10N6O3/c1-11(2-3-13)10-9-5-6(12(14)15)8-4-7-5/h4,13H,2-3H2,1H3,(H,7,8)/b10-9+. The highest BCUT2D eigenvalue weighted by atomic mass is 16.6. The molecule has 0 radical (unpaired) electrons. The largest absolute Gasteiger partial charge is 0.394 e. The van der Waals surface area contributed by atoms with Crippen molar-refractivity contribution in [3.8, 4) is 0 Å². The third kappa shape index (κ3) is 2.98. The number of aromatic nitrogens is 2. The zero-order valence-corrected chi connectivity index (χ0v) is 7.99. The SMILES string of the molecule is CN(CCO)/N=N/c1nc[nH]c1[N+](=O)[O-]. The van der Waals surface area contributed by atoms with Crippen LogP contribution in [-0.4, -0.2) is 45.2 Å². The predicted molar refractivity (Wildman–Crippen MR) is 49.5 cm³/mol. The van der Waals surface area contributed by atoms with Gasteiger partial charge in [-0.2, -0.15) is 4.98 Å². The van der Waals surface area contributed by atoms with Crippen molar-refractivity contribution in [3.05, 3.63) is 16.4 Å². The van der Waals surface area contributed by atoms with Crippen molar-refractivity contribution in [1.29, 1.82) is 0 Å². The van der Waals surface area contributed by atoms with Gasteiger partial charge in [0.1, 0.15) is 0 Å². The molecule has 82 valence electrons. The summed E-state index contributed by atoms with van der Waals surface area (Å²) in [6.45, 7) is 0.222. The molecule has 1 aromatic heterocycles. The number of nitrogens with zero attached hydrogens (tertiary/aromatic N) is 5. The van der Waals surface area contributed by atoms with Crippen molar-refractivity contribution in [2.24, 2.45) is 10.3 Å². The van der Waals surface area contributed by atoms with Gasteiger partial charge in [-0.3, -0.25) is 5.01 Å². The topological polar surface area (TPSA) is 120 Å². The second-order valence-corrected chi connectivity index (χ2v) is 2.63. The molecule has 0 atom stereocenters. The van der Waals surface area contributed by atoms with Crippen LogP contribution >= 0.6 is 0 Å². The van der Waals surface area contributed by atoms with E-state index in [-0.39, 0.29) is 18.2 Å². The van der Waals surface area contributed by atoms with Crippen molar-refractivity contribution in [2.45, 2.75) is 0 Å². The molecule has 0 aliphatic rings. The lowest BCUT2D eigenvalue weighted by Gasteiger charge is -2.06. The summed E-state index contributed by atoms with van der Waals surface area (Å²) >= 11 is 0. The maximum atomic E-state index is 10.4. The number of rotatable bonds is 5. The zero-order chi connectivity index (χ0) is 11.3. The molecule has 0 saturated carbocycles. The Hall–Kier alpha value is -2.03. The van der Waals surface area contributed by atoms with Gasteiger partial charge in [0.15, 0.2) is 6.33 Å². The third-order valence-electron chi connectivity index (χ3n) is 1.50. The minimum Gasteiger partial charge on any atom is -0.394 e. The average Bonchev–Trinajstić information content (AvgIpc) is 2.63. The van der Waals surface area contributed by atoms with E-state index in [1.54, 1.807) is 7.05 Å². The average molecular weight is 214 g/mol. The number of aliphatic hydroxyl groups is 1. The molecule has 1 heterocycles. The minimum absolute atomic E-state index is 0.0713. The smallest absolute Gasteiger partial charge is 0.369 e. The van der Waals surface area contributed by atoms with Crippen LogP contribution in [0.4, 0.5) is 11.6 Å². The molecule has 0 aliphatic heterocycles. The molecule has 15 heavy (non-hydrogen) atoms. The molecule has 0 fully saturated rings. The number of H-pyrrole nitrogens is 1. The maximum absolute atomic E-state index is 10.4. The Morgan fingerprint density at radius 2 is 2.53 bits per heavy atom. The van der Waals surface area contributed by atoms with Gasteiger partial charge in [0.05, 0.1) is 13.2 Å². The first kappa shape index (κ1) is 11.0. The molecule has 1 rings (SSSR count). The predicted octanol–water partition coefficient (Wildman–Crippen LogP) is 0.241. The molecular formula is C6H10N6O3. The lowest BCUT2D eigenvalue weighted by atomic mass is 10.7. The van der Waals surface area contributed by atoms with Crippen LogP contribution in [0.3, 0.4) is 0 Å². The number of likely N-dealkylation sites (N-methyl/N-ethyl adjacent to an activating group) is 1. The fourth-order valence-electron chi connectivity index (χ4n) is 0.796. The molecule has 0 aliphatic carbocycles. The highest BCUT2D eigenvalue weighted by Crippen LogP contribution is 2.21. The van der Waals surface area contributed by atoms with Gasteiger partial charge >= 0.3 is 5.82 Å². The Labute approximate surface area is 84.6 Å². The first-order chi connectivity index (χ1) is 7.15. The number of hydrogen-bond acceptors (Lipinski definition) is 6. The number of nitro groups is 1. The molecule has 0 spiro atoms. The Bertz CT molecular complexity index is 362. The molecule has 9 nitrogen and oxygen atoms in total. The van der Waals surface area contributed by atoms with Gasteiger partial charge in [-0.15, -0.1) is 5.11 Å². The quantitative estimate of drug-likeness (QED) is 0.413. The zero-order valence-electron chi connectivity index (χ0n) is 7.99. The minimum atomic E-state index is -0.632. The number of imidazole rings is 1. The molecule has 1 aromatic rings. The van der Waals surface area contributed by atoms with E-state index in [0.717, 1.165) is 0 Å².